The molecule has 0 unspecified atom stereocenters. The quantitative estimate of drug-likeness (QED) is 0.867. The van der Waals surface area contributed by atoms with Crippen molar-refractivity contribution in [3.63, 3.8) is 0 Å². The highest BCUT2D eigenvalue weighted by molar-refractivity contribution is 5.92. The van der Waals surface area contributed by atoms with Crippen molar-refractivity contribution >= 4 is 11.9 Å². The van der Waals surface area contributed by atoms with E-state index in [2.05, 4.69) is 22.2 Å². The summed E-state index contributed by atoms with van der Waals surface area (Å²) in [4.78, 5) is 23.3. The summed E-state index contributed by atoms with van der Waals surface area (Å²) in [7, 11) is 0. The fourth-order valence-corrected chi connectivity index (χ4v) is 3.53. The van der Waals surface area contributed by atoms with Gasteiger partial charge in [-0.15, -0.1) is 0 Å². The number of hydrogen-bond acceptors (Lipinski definition) is 4. The van der Waals surface area contributed by atoms with Crippen molar-refractivity contribution in [2.24, 2.45) is 5.92 Å². The number of carbonyl (C=O) groups is 1. The summed E-state index contributed by atoms with van der Waals surface area (Å²) < 4.78 is 0. The van der Waals surface area contributed by atoms with E-state index in [0.717, 1.165) is 31.8 Å². The number of carbonyl (C=O) groups excluding carboxylic acids is 1. The lowest BCUT2D eigenvalue weighted by Gasteiger charge is -2.30. The zero-order chi connectivity index (χ0) is 16.1. The van der Waals surface area contributed by atoms with Crippen LogP contribution in [-0.4, -0.2) is 39.9 Å². The number of nitrogens with zero attached hydrogens (tertiary/aromatic N) is 3. The Morgan fingerprint density at radius 2 is 1.83 bits per heavy atom. The van der Waals surface area contributed by atoms with Gasteiger partial charge in [-0.2, -0.15) is 0 Å². The molecule has 0 bridgehead atoms. The smallest absolute Gasteiger partial charge is 0.272 e. The average Bonchev–Trinajstić information content (AvgIpc) is 2.84. The van der Waals surface area contributed by atoms with E-state index < -0.39 is 0 Å². The lowest BCUT2D eigenvalue weighted by atomic mass is 9.99. The first kappa shape index (κ1) is 16.2. The number of piperidine rings is 1. The van der Waals surface area contributed by atoms with Gasteiger partial charge in [-0.3, -0.25) is 4.79 Å². The van der Waals surface area contributed by atoms with Crippen molar-refractivity contribution < 1.29 is 4.79 Å². The summed E-state index contributed by atoms with van der Waals surface area (Å²) in [5, 5.41) is 3.43. The molecule has 2 aliphatic rings. The standard InChI is InChI=1S/C18H28N4O/c1-14-9-12-22(13-10-14)17(23)16-8-11-19-18(21-16)20-15-6-4-2-3-5-7-15/h8,11,14-15H,2-7,9-10,12-13H2,1H3,(H,19,20,21). The van der Waals surface area contributed by atoms with Gasteiger partial charge in [-0.05, 0) is 37.7 Å². The number of anilines is 1. The number of nitrogens with one attached hydrogen (secondary N) is 1. The Hall–Kier alpha value is -1.65. The number of aromatic nitrogens is 2. The second-order valence-corrected chi connectivity index (χ2v) is 7.07. The van der Waals surface area contributed by atoms with Crippen LogP contribution in [0.4, 0.5) is 5.95 Å². The van der Waals surface area contributed by atoms with E-state index in [4.69, 9.17) is 0 Å². The van der Waals surface area contributed by atoms with Crippen molar-refractivity contribution in [2.75, 3.05) is 18.4 Å². The summed E-state index contributed by atoms with van der Waals surface area (Å²) >= 11 is 0. The van der Waals surface area contributed by atoms with Gasteiger partial charge in [-0.25, -0.2) is 9.97 Å². The van der Waals surface area contributed by atoms with Crippen LogP contribution in [0.2, 0.25) is 0 Å². The molecule has 2 fully saturated rings. The average molecular weight is 316 g/mol. The topological polar surface area (TPSA) is 58.1 Å². The lowest BCUT2D eigenvalue weighted by Crippen LogP contribution is -2.38. The second kappa shape index (κ2) is 7.75. The van der Waals surface area contributed by atoms with Crippen LogP contribution >= 0.6 is 0 Å². The third-order valence-corrected chi connectivity index (χ3v) is 5.13. The van der Waals surface area contributed by atoms with Gasteiger partial charge in [0.1, 0.15) is 5.69 Å². The molecule has 5 nitrogen and oxygen atoms in total. The van der Waals surface area contributed by atoms with Crippen LogP contribution in [-0.2, 0) is 0 Å². The minimum atomic E-state index is 0.0446. The molecule has 1 aromatic heterocycles. The molecular formula is C18H28N4O. The van der Waals surface area contributed by atoms with Gasteiger partial charge in [0.05, 0.1) is 0 Å². The van der Waals surface area contributed by atoms with Crippen LogP contribution in [0.3, 0.4) is 0 Å². The van der Waals surface area contributed by atoms with Crippen LogP contribution in [0.25, 0.3) is 0 Å². The fraction of sp³-hybridized carbons (Fsp3) is 0.722. The zero-order valence-corrected chi connectivity index (χ0v) is 14.1. The molecule has 0 atom stereocenters. The number of amides is 1. The summed E-state index contributed by atoms with van der Waals surface area (Å²) in [6, 6.07) is 2.18. The van der Waals surface area contributed by atoms with Crippen LogP contribution in [0.1, 0.15) is 68.8 Å². The largest absolute Gasteiger partial charge is 0.351 e. The van der Waals surface area contributed by atoms with E-state index in [-0.39, 0.29) is 5.91 Å². The van der Waals surface area contributed by atoms with Crippen molar-refractivity contribution in [3.8, 4) is 0 Å². The van der Waals surface area contributed by atoms with Crippen molar-refractivity contribution in [2.45, 2.75) is 64.3 Å². The lowest BCUT2D eigenvalue weighted by molar-refractivity contribution is 0.0691. The van der Waals surface area contributed by atoms with E-state index in [1.807, 2.05) is 4.90 Å². The van der Waals surface area contributed by atoms with E-state index in [1.165, 1.54) is 38.5 Å². The van der Waals surface area contributed by atoms with Gasteiger partial charge in [0.15, 0.2) is 0 Å². The van der Waals surface area contributed by atoms with Crippen LogP contribution < -0.4 is 5.32 Å². The van der Waals surface area contributed by atoms with Crippen LogP contribution in [0, 0.1) is 5.92 Å². The number of likely N-dealkylation sites (tertiary alicyclic amines) is 1. The zero-order valence-electron chi connectivity index (χ0n) is 14.1. The first-order chi connectivity index (χ1) is 11.2. The third kappa shape index (κ3) is 4.43. The summed E-state index contributed by atoms with van der Waals surface area (Å²) in [5.74, 6) is 1.37. The van der Waals surface area contributed by atoms with Crippen LogP contribution in [0.5, 0.6) is 0 Å². The molecule has 0 spiro atoms. The minimum absolute atomic E-state index is 0.0446. The molecule has 1 saturated carbocycles. The molecule has 0 radical (unpaired) electrons. The maximum atomic E-state index is 12.6. The highest BCUT2D eigenvalue weighted by Crippen LogP contribution is 2.21. The van der Waals surface area contributed by atoms with E-state index in [9.17, 15) is 4.79 Å². The fourth-order valence-electron chi connectivity index (χ4n) is 3.53. The third-order valence-electron chi connectivity index (χ3n) is 5.13. The molecule has 1 aliphatic heterocycles. The van der Waals surface area contributed by atoms with Crippen molar-refractivity contribution in [3.05, 3.63) is 18.0 Å². The molecule has 23 heavy (non-hydrogen) atoms. The normalized spacial score (nSPS) is 21.0. The molecule has 1 saturated heterocycles. The van der Waals surface area contributed by atoms with Gasteiger partial charge in [0.25, 0.3) is 5.91 Å². The number of rotatable bonds is 3. The second-order valence-electron chi connectivity index (χ2n) is 7.07. The molecule has 2 heterocycles. The molecular weight excluding hydrogens is 288 g/mol. The van der Waals surface area contributed by atoms with E-state index in [1.54, 1.807) is 12.3 Å². The molecule has 0 aromatic carbocycles. The van der Waals surface area contributed by atoms with Gasteiger partial charge in [-0.1, -0.05) is 32.6 Å². The SMILES string of the molecule is CC1CCN(C(=O)c2ccnc(NC3CCCCCC3)n2)CC1. The van der Waals surface area contributed by atoms with Crippen molar-refractivity contribution in [1.29, 1.82) is 0 Å². The Kier molecular flexibility index (Phi) is 5.47. The highest BCUT2D eigenvalue weighted by atomic mass is 16.2. The van der Waals surface area contributed by atoms with Gasteiger partial charge in [0.2, 0.25) is 5.95 Å². The van der Waals surface area contributed by atoms with Crippen LogP contribution in [0.15, 0.2) is 12.3 Å². The van der Waals surface area contributed by atoms with E-state index >= 15 is 0 Å². The Morgan fingerprint density at radius 3 is 2.52 bits per heavy atom. The van der Waals surface area contributed by atoms with Gasteiger partial charge >= 0.3 is 0 Å². The van der Waals surface area contributed by atoms with Gasteiger partial charge in [0, 0.05) is 25.3 Å². The van der Waals surface area contributed by atoms with E-state index in [0.29, 0.717) is 17.7 Å². The summed E-state index contributed by atoms with van der Waals surface area (Å²) in [6.45, 7) is 3.94. The molecule has 1 aliphatic carbocycles. The molecule has 1 amide bonds. The molecule has 5 heteroatoms. The summed E-state index contributed by atoms with van der Waals surface area (Å²) in [5.41, 5.74) is 0.519. The predicted octanol–water partition coefficient (Wildman–Crippen LogP) is 3.48. The maximum absolute atomic E-state index is 12.6. The Morgan fingerprint density at radius 1 is 1.13 bits per heavy atom. The van der Waals surface area contributed by atoms with Gasteiger partial charge < -0.3 is 10.2 Å². The maximum Gasteiger partial charge on any atom is 0.272 e. The molecule has 3 rings (SSSR count). The summed E-state index contributed by atoms with van der Waals surface area (Å²) in [6.07, 6.45) is 11.4. The minimum Gasteiger partial charge on any atom is -0.351 e. The Bertz CT molecular complexity index is 518. The Balaban J connectivity index is 1.63. The highest BCUT2D eigenvalue weighted by Gasteiger charge is 2.23. The Labute approximate surface area is 138 Å². The predicted molar refractivity (Wildman–Crippen MR) is 91.4 cm³/mol. The monoisotopic (exact) mass is 316 g/mol. The molecule has 1 aromatic rings. The first-order valence-electron chi connectivity index (χ1n) is 9.11. The number of hydrogen-bond donors (Lipinski definition) is 1. The molecule has 126 valence electrons. The molecule has 1 N–H and O–H groups in total. The van der Waals surface area contributed by atoms with Crippen molar-refractivity contribution in [1.82, 2.24) is 14.9 Å². The first-order valence-corrected chi connectivity index (χ1v) is 9.11.